The van der Waals surface area contributed by atoms with E-state index in [0.717, 1.165) is 5.56 Å². The second-order valence-electron chi connectivity index (χ2n) is 2.93. The van der Waals surface area contributed by atoms with Gasteiger partial charge < -0.3 is 9.84 Å². The van der Waals surface area contributed by atoms with Crippen molar-refractivity contribution in [2.75, 3.05) is 7.11 Å². The highest BCUT2D eigenvalue weighted by Gasteiger charge is 2.11. The fraction of sp³-hybridized carbons (Fsp3) is 0.444. The predicted molar refractivity (Wildman–Crippen MR) is 46.5 cm³/mol. The van der Waals surface area contributed by atoms with E-state index in [9.17, 15) is 5.11 Å². The Balaban J connectivity index is 3.20. The Morgan fingerprint density at radius 1 is 1.42 bits per heavy atom. The van der Waals surface area contributed by atoms with Gasteiger partial charge in [-0.25, -0.2) is 0 Å². The molecule has 1 aromatic rings. The lowest BCUT2D eigenvalue weighted by molar-refractivity contribution is 0.393. The standard InChI is InChI=1S/C9H13NO2/c1-6(2)9-7(11)4-10-5-8(9)12-3/h4-6,11H,1-3H3. The molecule has 0 aliphatic rings. The number of hydrogen-bond donors (Lipinski definition) is 1. The van der Waals surface area contributed by atoms with Crippen molar-refractivity contribution in [1.29, 1.82) is 0 Å². The fourth-order valence-electron chi connectivity index (χ4n) is 1.18. The zero-order chi connectivity index (χ0) is 9.14. The van der Waals surface area contributed by atoms with Crippen LogP contribution in [0.2, 0.25) is 0 Å². The van der Waals surface area contributed by atoms with Crippen LogP contribution in [0.15, 0.2) is 12.4 Å². The molecule has 0 aliphatic heterocycles. The molecule has 3 nitrogen and oxygen atoms in total. The Bertz CT molecular complexity index is 271. The maximum atomic E-state index is 9.45. The molecule has 0 radical (unpaired) electrons. The van der Waals surface area contributed by atoms with E-state index in [1.54, 1.807) is 13.3 Å². The largest absolute Gasteiger partial charge is 0.506 e. The van der Waals surface area contributed by atoms with E-state index in [0.29, 0.717) is 5.75 Å². The number of aromatic hydroxyl groups is 1. The number of methoxy groups -OCH3 is 1. The summed E-state index contributed by atoms with van der Waals surface area (Å²) in [5.41, 5.74) is 0.813. The van der Waals surface area contributed by atoms with Crippen molar-refractivity contribution in [2.45, 2.75) is 19.8 Å². The Kier molecular flexibility index (Phi) is 2.53. The van der Waals surface area contributed by atoms with Crippen molar-refractivity contribution >= 4 is 0 Å². The van der Waals surface area contributed by atoms with Gasteiger partial charge in [-0.2, -0.15) is 0 Å². The molecule has 0 bridgehead atoms. The summed E-state index contributed by atoms with van der Waals surface area (Å²) in [4.78, 5) is 3.82. The normalized spacial score (nSPS) is 10.3. The first kappa shape index (κ1) is 8.84. The van der Waals surface area contributed by atoms with Gasteiger partial charge in [0, 0.05) is 5.56 Å². The highest BCUT2D eigenvalue weighted by atomic mass is 16.5. The number of nitrogens with zero attached hydrogens (tertiary/aromatic N) is 1. The van der Waals surface area contributed by atoms with Gasteiger partial charge in [-0.15, -0.1) is 0 Å². The molecule has 1 rings (SSSR count). The van der Waals surface area contributed by atoms with Gasteiger partial charge in [-0.05, 0) is 5.92 Å². The van der Waals surface area contributed by atoms with Crippen molar-refractivity contribution in [3.63, 3.8) is 0 Å². The summed E-state index contributed by atoms with van der Waals surface area (Å²) < 4.78 is 5.06. The molecule has 0 spiro atoms. The van der Waals surface area contributed by atoms with E-state index in [1.807, 2.05) is 13.8 Å². The summed E-state index contributed by atoms with van der Waals surface area (Å²) in [6.07, 6.45) is 3.03. The van der Waals surface area contributed by atoms with E-state index in [1.165, 1.54) is 6.20 Å². The van der Waals surface area contributed by atoms with Crippen LogP contribution in [0.3, 0.4) is 0 Å². The molecule has 1 heterocycles. The lowest BCUT2D eigenvalue weighted by Crippen LogP contribution is -1.95. The first-order valence-electron chi connectivity index (χ1n) is 3.87. The monoisotopic (exact) mass is 167 g/mol. The third kappa shape index (κ3) is 1.49. The predicted octanol–water partition coefficient (Wildman–Crippen LogP) is 1.92. The number of pyridine rings is 1. The van der Waals surface area contributed by atoms with Gasteiger partial charge in [0.15, 0.2) is 0 Å². The molecule has 0 aromatic carbocycles. The van der Waals surface area contributed by atoms with Crippen LogP contribution in [-0.4, -0.2) is 17.2 Å². The molecule has 1 N–H and O–H groups in total. The summed E-state index contributed by atoms with van der Waals surface area (Å²) in [7, 11) is 1.57. The molecule has 0 saturated heterocycles. The van der Waals surface area contributed by atoms with E-state index >= 15 is 0 Å². The van der Waals surface area contributed by atoms with Crippen molar-refractivity contribution < 1.29 is 9.84 Å². The maximum absolute atomic E-state index is 9.45. The van der Waals surface area contributed by atoms with Gasteiger partial charge in [0.25, 0.3) is 0 Å². The van der Waals surface area contributed by atoms with E-state index in [-0.39, 0.29) is 11.7 Å². The summed E-state index contributed by atoms with van der Waals surface area (Å²) >= 11 is 0. The minimum atomic E-state index is 0.198. The van der Waals surface area contributed by atoms with Gasteiger partial charge in [-0.1, -0.05) is 13.8 Å². The molecule has 0 unspecified atom stereocenters. The lowest BCUT2D eigenvalue weighted by Gasteiger charge is -2.11. The molecule has 12 heavy (non-hydrogen) atoms. The molecular weight excluding hydrogens is 154 g/mol. The first-order chi connectivity index (χ1) is 5.66. The summed E-state index contributed by atoms with van der Waals surface area (Å²) in [6, 6.07) is 0. The Morgan fingerprint density at radius 3 is 2.50 bits per heavy atom. The number of ether oxygens (including phenoxy) is 1. The zero-order valence-electron chi connectivity index (χ0n) is 7.53. The Labute approximate surface area is 72.0 Å². The summed E-state index contributed by atoms with van der Waals surface area (Å²) in [5.74, 6) is 1.08. The van der Waals surface area contributed by atoms with Gasteiger partial charge in [0.2, 0.25) is 0 Å². The number of aromatic nitrogens is 1. The molecule has 66 valence electrons. The summed E-state index contributed by atoms with van der Waals surface area (Å²) in [6.45, 7) is 4.00. The molecule has 0 amide bonds. The Morgan fingerprint density at radius 2 is 2.08 bits per heavy atom. The van der Waals surface area contributed by atoms with E-state index in [4.69, 9.17) is 4.74 Å². The zero-order valence-corrected chi connectivity index (χ0v) is 7.53. The second-order valence-corrected chi connectivity index (χ2v) is 2.93. The van der Waals surface area contributed by atoms with Crippen molar-refractivity contribution in [3.8, 4) is 11.5 Å². The van der Waals surface area contributed by atoms with Crippen molar-refractivity contribution in [1.82, 2.24) is 4.98 Å². The van der Waals surface area contributed by atoms with Crippen LogP contribution in [-0.2, 0) is 0 Å². The van der Waals surface area contributed by atoms with Crippen LogP contribution in [0.4, 0.5) is 0 Å². The highest BCUT2D eigenvalue weighted by Crippen LogP contribution is 2.32. The Hall–Kier alpha value is -1.25. The molecule has 3 heteroatoms. The van der Waals surface area contributed by atoms with Crippen LogP contribution in [0.25, 0.3) is 0 Å². The molecule has 1 aromatic heterocycles. The third-order valence-electron chi connectivity index (χ3n) is 1.73. The first-order valence-corrected chi connectivity index (χ1v) is 3.87. The topological polar surface area (TPSA) is 42.4 Å². The average Bonchev–Trinajstić information content (AvgIpc) is 2.03. The van der Waals surface area contributed by atoms with Gasteiger partial charge in [-0.3, -0.25) is 4.98 Å². The summed E-state index contributed by atoms with van der Waals surface area (Å²) in [5, 5.41) is 9.45. The SMILES string of the molecule is COc1cncc(O)c1C(C)C. The van der Waals surface area contributed by atoms with Gasteiger partial charge in [0.05, 0.1) is 19.5 Å². The van der Waals surface area contributed by atoms with Crippen molar-refractivity contribution in [3.05, 3.63) is 18.0 Å². The smallest absolute Gasteiger partial charge is 0.144 e. The fourth-order valence-corrected chi connectivity index (χ4v) is 1.18. The molecule has 0 atom stereocenters. The lowest BCUT2D eigenvalue weighted by atomic mass is 10.0. The maximum Gasteiger partial charge on any atom is 0.144 e. The third-order valence-corrected chi connectivity index (χ3v) is 1.73. The van der Waals surface area contributed by atoms with E-state index in [2.05, 4.69) is 4.98 Å². The average molecular weight is 167 g/mol. The number of hydrogen-bond acceptors (Lipinski definition) is 3. The molecular formula is C9H13NO2. The quantitative estimate of drug-likeness (QED) is 0.731. The van der Waals surface area contributed by atoms with Crippen LogP contribution >= 0.6 is 0 Å². The highest BCUT2D eigenvalue weighted by molar-refractivity contribution is 5.42. The molecule has 0 aliphatic carbocycles. The van der Waals surface area contributed by atoms with Crippen LogP contribution in [0, 0.1) is 0 Å². The van der Waals surface area contributed by atoms with Crippen LogP contribution < -0.4 is 4.74 Å². The molecule has 0 fully saturated rings. The van der Waals surface area contributed by atoms with Crippen LogP contribution in [0.5, 0.6) is 11.5 Å². The second kappa shape index (κ2) is 3.43. The minimum absolute atomic E-state index is 0.198. The van der Waals surface area contributed by atoms with Gasteiger partial charge in [0.1, 0.15) is 11.5 Å². The number of rotatable bonds is 2. The van der Waals surface area contributed by atoms with Gasteiger partial charge >= 0.3 is 0 Å². The van der Waals surface area contributed by atoms with E-state index < -0.39 is 0 Å². The van der Waals surface area contributed by atoms with Crippen molar-refractivity contribution in [2.24, 2.45) is 0 Å². The van der Waals surface area contributed by atoms with Crippen LogP contribution in [0.1, 0.15) is 25.3 Å². The molecule has 0 saturated carbocycles. The minimum Gasteiger partial charge on any atom is -0.506 e.